The van der Waals surface area contributed by atoms with Crippen LogP contribution in [-0.2, 0) is 0 Å². The molecule has 0 saturated carbocycles. The van der Waals surface area contributed by atoms with Crippen molar-refractivity contribution in [3.8, 4) is 5.75 Å². The average molecular weight is 296 g/mol. The third-order valence-electron chi connectivity index (χ3n) is 2.40. The summed E-state index contributed by atoms with van der Waals surface area (Å²) in [7, 11) is 1.57. The smallest absolute Gasteiger partial charge is 0.269 e. The van der Waals surface area contributed by atoms with Crippen LogP contribution in [0.3, 0.4) is 0 Å². The Labute approximate surface area is 119 Å². The molecule has 0 atom stereocenters. The molecule has 98 valence electrons. The molecule has 0 spiro atoms. The van der Waals surface area contributed by atoms with Crippen molar-refractivity contribution in [2.24, 2.45) is 0 Å². The molecule has 0 aliphatic heterocycles. The number of methoxy groups -OCH3 is 1. The number of rotatable bonds is 4. The number of ether oxygens (including phenoxy) is 1. The molecule has 0 amide bonds. The number of hydrogen-bond donors (Lipinski definition) is 0. The topological polar surface area (TPSA) is 52.4 Å². The number of nitro groups is 1. The van der Waals surface area contributed by atoms with Crippen LogP contribution >= 0.6 is 23.4 Å². The maximum Gasteiger partial charge on any atom is 0.269 e. The highest BCUT2D eigenvalue weighted by molar-refractivity contribution is 7.99. The Balaban J connectivity index is 2.23. The maximum atomic E-state index is 10.6. The van der Waals surface area contributed by atoms with Crippen molar-refractivity contribution in [2.45, 2.75) is 9.79 Å². The Morgan fingerprint density at radius 2 is 1.89 bits per heavy atom. The van der Waals surface area contributed by atoms with Gasteiger partial charge in [-0.25, -0.2) is 0 Å². The molecule has 0 aliphatic carbocycles. The summed E-state index contributed by atoms with van der Waals surface area (Å²) < 4.78 is 5.25. The van der Waals surface area contributed by atoms with E-state index in [9.17, 15) is 10.1 Å². The van der Waals surface area contributed by atoms with Crippen molar-refractivity contribution in [3.05, 3.63) is 57.6 Å². The molecule has 0 fully saturated rings. The molecule has 2 aromatic rings. The van der Waals surface area contributed by atoms with Gasteiger partial charge in [0.15, 0.2) is 0 Å². The first-order chi connectivity index (χ1) is 9.10. The summed E-state index contributed by atoms with van der Waals surface area (Å²) in [6.07, 6.45) is 0. The second-order valence-electron chi connectivity index (χ2n) is 3.65. The van der Waals surface area contributed by atoms with Crippen LogP contribution in [0.5, 0.6) is 5.75 Å². The number of hydrogen-bond acceptors (Lipinski definition) is 4. The molecule has 6 heteroatoms. The molecule has 0 heterocycles. The molecule has 0 saturated heterocycles. The standard InChI is InChI=1S/C13H10ClNO3S/c1-18-12-8-9(14)2-7-13(12)19-11-5-3-10(4-6-11)15(16)17/h2-8H,1H3. The molecule has 0 aromatic heterocycles. The van der Waals surface area contributed by atoms with Crippen molar-refractivity contribution >= 4 is 29.1 Å². The van der Waals surface area contributed by atoms with Crippen LogP contribution in [-0.4, -0.2) is 12.0 Å². The monoisotopic (exact) mass is 295 g/mol. The number of benzene rings is 2. The minimum atomic E-state index is -0.419. The number of non-ortho nitro benzene ring substituents is 1. The van der Waals surface area contributed by atoms with Crippen LogP contribution in [0.1, 0.15) is 0 Å². The second kappa shape index (κ2) is 5.95. The predicted molar refractivity (Wildman–Crippen MR) is 75.2 cm³/mol. The highest BCUT2D eigenvalue weighted by Crippen LogP contribution is 2.36. The van der Waals surface area contributed by atoms with Gasteiger partial charge in [0.25, 0.3) is 5.69 Å². The first-order valence-electron chi connectivity index (χ1n) is 5.36. The number of nitro benzene ring substituents is 1. The minimum Gasteiger partial charge on any atom is -0.496 e. The van der Waals surface area contributed by atoms with Crippen LogP contribution in [0.15, 0.2) is 52.3 Å². The average Bonchev–Trinajstić information content (AvgIpc) is 2.41. The van der Waals surface area contributed by atoms with Crippen molar-refractivity contribution in [1.29, 1.82) is 0 Å². The fourth-order valence-electron chi connectivity index (χ4n) is 1.49. The summed E-state index contributed by atoms with van der Waals surface area (Å²) in [6.45, 7) is 0. The first kappa shape index (κ1) is 13.7. The van der Waals surface area contributed by atoms with E-state index in [1.54, 1.807) is 31.4 Å². The van der Waals surface area contributed by atoms with Crippen LogP contribution in [0.4, 0.5) is 5.69 Å². The predicted octanol–water partition coefficient (Wildman–Crippen LogP) is 4.41. The quantitative estimate of drug-likeness (QED) is 0.619. The summed E-state index contributed by atoms with van der Waals surface area (Å²) in [6, 6.07) is 11.7. The summed E-state index contributed by atoms with van der Waals surface area (Å²) in [5.41, 5.74) is 0.0763. The lowest BCUT2D eigenvalue weighted by atomic mass is 10.3. The molecule has 0 radical (unpaired) electrons. The minimum absolute atomic E-state index is 0.0763. The van der Waals surface area contributed by atoms with Gasteiger partial charge in [-0.3, -0.25) is 10.1 Å². The highest BCUT2D eigenvalue weighted by atomic mass is 35.5. The van der Waals surface area contributed by atoms with Gasteiger partial charge in [0, 0.05) is 22.1 Å². The van der Waals surface area contributed by atoms with E-state index in [1.807, 2.05) is 6.07 Å². The van der Waals surface area contributed by atoms with Gasteiger partial charge < -0.3 is 4.74 Å². The van der Waals surface area contributed by atoms with E-state index >= 15 is 0 Å². The molecule has 2 rings (SSSR count). The normalized spacial score (nSPS) is 10.2. The van der Waals surface area contributed by atoms with E-state index < -0.39 is 4.92 Å². The van der Waals surface area contributed by atoms with E-state index in [1.165, 1.54) is 23.9 Å². The molecule has 0 unspecified atom stereocenters. The molecule has 0 N–H and O–H groups in total. The number of halogens is 1. The molecule has 0 aliphatic rings. The van der Waals surface area contributed by atoms with Gasteiger partial charge in [-0.1, -0.05) is 23.4 Å². The van der Waals surface area contributed by atoms with Crippen molar-refractivity contribution < 1.29 is 9.66 Å². The lowest BCUT2D eigenvalue weighted by Crippen LogP contribution is -1.88. The molecular formula is C13H10ClNO3S. The summed E-state index contributed by atoms with van der Waals surface area (Å²) in [5.74, 6) is 0.677. The second-order valence-corrected chi connectivity index (χ2v) is 5.20. The molecule has 2 aromatic carbocycles. The largest absolute Gasteiger partial charge is 0.496 e. The van der Waals surface area contributed by atoms with E-state index in [2.05, 4.69) is 0 Å². The Bertz CT molecular complexity index is 601. The molecular weight excluding hydrogens is 286 g/mol. The Morgan fingerprint density at radius 3 is 2.47 bits per heavy atom. The Kier molecular flexibility index (Phi) is 4.29. The van der Waals surface area contributed by atoms with Crippen molar-refractivity contribution in [3.63, 3.8) is 0 Å². The van der Waals surface area contributed by atoms with Gasteiger partial charge in [-0.2, -0.15) is 0 Å². The van der Waals surface area contributed by atoms with Crippen LogP contribution in [0.2, 0.25) is 5.02 Å². The van der Waals surface area contributed by atoms with E-state index in [0.717, 1.165) is 9.79 Å². The fourth-order valence-corrected chi connectivity index (χ4v) is 2.56. The molecule has 19 heavy (non-hydrogen) atoms. The van der Waals surface area contributed by atoms with Gasteiger partial charge in [0.05, 0.1) is 16.9 Å². The summed E-state index contributed by atoms with van der Waals surface area (Å²) in [5, 5.41) is 11.2. The van der Waals surface area contributed by atoms with Gasteiger partial charge in [-0.15, -0.1) is 0 Å². The van der Waals surface area contributed by atoms with Crippen LogP contribution in [0, 0.1) is 10.1 Å². The summed E-state index contributed by atoms with van der Waals surface area (Å²) >= 11 is 7.35. The third kappa shape index (κ3) is 3.39. The number of nitrogens with zero attached hydrogens (tertiary/aromatic N) is 1. The van der Waals surface area contributed by atoms with Crippen LogP contribution in [0.25, 0.3) is 0 Å². The molecule has 4 nitrogen and oxygen atoms in total. The first-order valence-corrected chi connectivity index (χ1v) is 6.55. The Hall–Kier alpha value is -1.72. The Morgan fingerprint density at radius 1 is 1.21 bits per heavy atom. The van der Waals surface area contributed by atoms with Gasteiger partial charge in [0.2, 0.25) is 0 Å². The van der Waals surface area contributed by atoms with Gasteiger partial charge in [0.1, 0.15) is 5.75 Å². The summed E-state index contributed by atoms with van der Waals surface area (Å²) in [4.78, 5) is 12.0. The lowest BCUT2D eigenvalue weighted by Gasteiger charge is -2.08. The zero-order chi connectivity index (χ0) is 13.8. The SMILES string of the molecule is COc1cc(Cl)ccc1Sc1ccc([N+](=O)[O-])cc1. The zero-order valence-electron chi connectivity index (χ0n) is 10.00. The van der Waals surface area contributed by atoms with Crippen molar-refractivity contribution in [2.75, 3.05) is 7.11 Å². The highest BCUT2D eigenvalue weighted by Gasteiger charge is 2.08. The third-order valence-corrected chi connectivity index (χ3v) is 3.70. The van der Waals surface area contributed by atoms with Crippen LogP contribution < -0.4 is 4.74 Å². The van der Waals surface area contributed by atoms with E-state index in [-0.39, 0.29) is 5.69 Å². The van der Waals surface area contributed by atoms with Gasteiger partial charge >= 0.3 is 0 Å². The molecule has 0 bridgehead atoms. The van der Waals surface area contributed by atoms with E-state index in [0.29, 0.717) is 10.8 Å². The lowest BCUT2D eigenvalue weighted by molar-refractivity contribution is -0.384. The maximum absolute atomic E-state index is 10.6. The van der Waals surface area contributed by atoms with Crippen molar-refractivity contribution in [1.82, 2.24) is 0 Å². The fraction of sp³-hybridized carbons (Fsp3) is 0.0769. The van der Waals surface area contributed by atoms with Gasteiger partial charge in [-0.05, 0) is 30.3 Å². The van der Waals surface area contributed by atoms with E-state index in [4.69, 9.17) is 16.3 Å². The zero-order valence-corrected chi connectivity index (χ0v) is 11.6.